The number of carbonyl (C=O) groups is 1. The van der Waals surface area contributed by atoms with Crippen LogP contribution in [0.25, 0.3) is 0 Å². The van der Waals surface area contributed by atoms with Crippen molar-refractivity contribution < 1.29 is 23.1 Å². The van der Waals surface area contributed by atoms with Gasteiger partial charge in [-0.05, 0) is 23.6 Å². The molecule has 0 fully saturated rings. The van der Waals surface area contributed by atoms with E-state index < -0.39 is 23.9 Å². The zero-order valence-electron chi connectivity index (χ0n) is 11.2. The van der Waals surface area contributed by atoms with Crippen molar-refractivity contribution in [2.24, 2.45) is 0 Å². The average molecular weight is 330 g/mol. The van der Waals surface area contributed by atoms with Gasteiger partial charge in [-0.1, -0.05) is 18.2 Å². The van der Waals surface area contributed by atoms with E-state index in [0.29, 0.717) is 4.88 Å². The van der Waals surface area contributed by atoms with Crippen LogP contribution in [0.1, 0.15) is 16.5 Å². The number of aliphatic hydroxyl groups is 1. The number of nitrogens with one attached hydrogen (secondary N) is 2. The van der Waals surface area contributed by atoms with Crippen molar-refractivity contribution in [3.8, 4) is 0 Å². The van der Waals surface area contributed by atoms with Gasteiger partial charge in [0.15, 0.2) is 0 Å². The van der Waals surface area contributed by atoms with Crippen LogP contribution in [-0.4, -0.2) is 17.7 Å². The molecule has 0 aliphatic rings. The number of aliphatic hydroxyl groups excluding tert-OH is 1. The summed E-state index contributed by atoms with van der Waals surface area (Å²) in [6, 6.07) is 7.33. The van der Waals surface area contributed by atoms with Crippen molar-refractivity contribution in [3.05, 3.63) is 52.2 Å². The van der Waals surface area contributed by atoms with E-state index in [2.05, 4.69) is 10.6 Å². The van der Waals surface area contributed by atoms with E-state index in [9.17, 15) is 23.1 Å². The molecule has 2 amide bonds. The number of hydrogen-bond acceptors (Lipinski definition) is 3. The van der Waals surface area contributed by atoms with E-state index >= 15 is 0 Å². The van der Waals surface area contributed by atoms with Crippen LogP contribution in [0.3, 0.4) is 0 Å². The molecular weight excluding hydrogens is 317 g/mol. The topological polar surface area (TPSA) is 61.4 Å². The first-order valence-electron chi connectivity index (χ1n) is 6.30. The third kappa shape index (κ3) is 4.22. The van der Waals surface area contributed by atoms with Crippen molar-refractivity contribution in [3.63, 3.8) is 0 Å². The molecule has 1 aromatic heterocycles. The number of para-hydroxylation sites is 1. The second-order valence-electron chi connectivity index (χ2n) is 4.41. The molecule has 1 atom stereocenters. The summed E-state index contributed by atoms with van der Waals surface area (Å²) in [7, 11) is 0. The second-order valence-corrected chi connectivity index (χ2v) is 5.39. The lowest BCUT2D eigenvalue weighted by molar-refractivity contribution is -0.136. The van der Waals surface area contributed by atoms with Gasteiger partial charge >= 0.3 is 12.2 Å². The molecule has 8 heteroatoms. The van der Waals surface area contributed by atoms with Crippen molar-refractivity contribution in [2.75, 3.05) is 11.9 Å². The van der Waals surface area contributed by atoms with E-state index in [-0.39, 0.29) is 12.2 Å². The van der Waals surface area contributed by atoms with Crippen molar-refractivity contribution >= 4 is 23.1 Å². The number of anilines is 1. The Bertz CT molecular complexity index is 629. The van der Waals surface area contributed by atoms with Crippen molar-refractivity contribution in [1.29, 1.82) is 0 Å². The molecule has 0 spiro atoms. The van der Waals surface area contributed by atoms with Crippen LogP contribution in [0.4, 0.5) is 23.7 Å². The maximum absolute atomic E-state index is 12.8. The maximum Gasteiger partial charge on any atom is 0.418 e. The minimum absolute atomic E-state index is 0.0967. The summed E-state index contributed by atoms with van der Waals surface area (Å²) in [6.07, 6.45) is -5.45. The zero-order valence-corrected chi connectivity index (χ0v) is 12.0. The van der Waals surface area contributed by atoms with Gasteiger partial charge in [0, 0.05) is 4.88 Å². The third-order valence-electron chi connectivity index (χ3n) is 2.81. The molecule has 2 aromatic rings. The number of urea groups is 1. The van der Waals surface area contributed by atoms with Crippen LogP contribution < -0.4 is 10.6 Å². The molecule has 0 aliphatic carbocycles. The Morgan fingerprint density at radius 3 is 2.59 bits per heavy atom. The summed E-state index contributed by atoms with van der Waals surface area (Å²) in [5, 5.41) is 16.0. The van der Waals surface area contributed by atoms with Crippen LogP contribution in [0, 0.1) is 0 Å². The highest BCUT2D eigenvalue weighted by Crippen LogP contribution is 2.34. The van der Waals surface area contributed by atoms with Gasteiger partial charge in [-0.2, -0.15) is 13.2 Å². The van der Waals surface area contributed by atoms with Gasteiger partial charge in [-0.15, -0.1) is 11.3 Å². The SMILES string of the molecule is O=C(NCC(O)c1cccs1)Nc1ccccc1C(F)(F)F. The number of thiophene rings is 1. The summed E-state index contributed by atoms with van der Waals surface area (Å²) in [6.45, 7) is -0.0967. The molecule has 2 rings (SSSR count). The highest BCUT2D eigenvalue weighted by Gasteiger charge is 2.33. The maximum atomic E-state index is 12.8. The Kier molecular flexibility index (Phi) is 5.04. The Balaban J connectivity index is 1.95. The second kappa shape index (κ2) is 6.80. The first-order valence-corrected chi connectivity index (χ1v) is 7.18. The number of carbonyl (C=O) groups excluding carboxylic acids is 1. The summed E-state index contributed by atoms with van der Waals surface area (Å²) < 4.78 is 38.4. The lowest BCUT2D eigenvalue weighted by atomic mass is 10.1. The Hall–Kier alpha value is -2.06. The summed E-state index contributed by atoms with van der Waals surface area (Å²) in [4.78, 5) is 12.3. The number of alkyl halides is 3. The predicted octanol–water partition coefficient (Wildman–Crippen LogP) is 3.62. The fourth-order valence-corrected chi connectivity index (χ4v) is 2.49. The quantitative estimate of drug-likeness (QED) is 0.802. The lowest BCUT2D eigenvalue weighted by Gasteiger charge is -2.15. The zero-order chi connectivity index (χ0) is 16.2. The van der Waals surface area contributed by atoms with Gasteiger partial charge in [0.1, 0.15) is 6.10 Å². The summed E-state index contributed by atoms with van der Waals surface area (Å²) >= 11 is 1.32. The van der Waals surface area contributed by atoms with Crippen LogP contribution in [0.2, 0.25) is 0 Å². The molecule has 1 unspecified atom stereocenters. The average Bonchev–Trinajstić information content (AvgIpc) is 2.98. The first-order chi connectivity index (χ1) is 10.4. The minimum Gasteiger partial charge on any atom is -0.386 e. The van der Waals surface area contributed by atoms with E-state index in [4.69, 9.17) is 0 Å². The molecule has 4 nitrogen and oxygen atoms in total. The minimum atomic E-state index is -4.56. The highest BCUT2D eigenvalue weighted by molar-refractivity contribution is 7.10. The summed E-state index contributed by atoms with van der Waals surface area (Å²) in [5.41, 5.74) is -1.26. The van der Waals surface area contributed by atoms with E-state index in [1.54, 1.807) is 17.5 Å². The van der Waals surface area contributed by atoms with Crippen LogP contribution >= 0.6 is 11.3 Å². The van der Waals surface area contributed by atoms with Gasteiger partial charge in [0.2, 0.25) is 0 Å². The smallest absolute Gasteiger partial charge is 0.386 e. The van der Waals surface area contributed by atoms with E-state index in [0.717, 1.165) is 12.1 Å². The fraction of sp³-hybridized carbons (Fsp3) is 0.214. The molecule has 0 saturated carbocycles. The normalized spacial score (nSPS) is 12.7. The van der Waals surface area contributed by atoms with Crippen molar-refractivity contribution in [1.82, 2.24) is 5.32 Å². The molecule has 1 heterocycles. The molecule has 0 radical (unpaired) electrons. The number of benzene rings is 1. The molecule has 118 valence electrons. The largest absolute Gasteiger partial charge is 0.418 e. The highest BCUT2D eigenvalue weighted by atomic mass is 32.1. The third-order valence-corrected chi connectivity index (χ3v) is 3.78. The van der Waals surface area contributed by atoms with Gasteiger partial charge in [-0.25, -0.2) is 4.79 Å². The first kappa shape index (κ1) is 16.3. The fourth-order valence-electron chi connectivity index (χ4n) is 1.78. The standard InChI is InChI=1S/C14H13F3N2O2S/c15-14(16,17)9-4-1-2-5-10(9)19-13(21)18-8-11(20)12-6-3-7-22-12/h1-7,11,20H,8H2,(H2,18,19,21). The van der Waals surface area contributed by atoms with Gasteiger partial charge in [0.05, 0.1) is 17.8 Å². The van der Waals surface area contributed by atoms with Crippen LogP contribution in [0.5, 0.6) is 0 Å². The number of halogens is 3. The molecule has 0 saturated heterocycles. The van der Waals surface area contributed by atoms with Gasteiger partial charge < -0.3 is 15.7 Å². The van der Waals surface area contributed by atoms with E-state index in [1.165, 1.54) is 23.5 Å². The molecule has 0 aliphatic heterocycles. The molecule has 0 bridgehead atoms. The lowest BCUT2D eigenvalue weighted by Crippen LogP contribution is -2.32. The number of hydrogen-bond donors (Lipinski definition) is 3. The van der Waals surface area contributed by atoms with Crippen LogP contribution in [0.15, 0.2) is 41.8 Å². The Morgan fingerprint density at radius 2 is 1.95 bits per heavy atom. The predicted molar refractivity (Wildman–Crippen MR) is 77.7 cm³/mol. The van der Waals surface area contributed by atoms with Gasteiger partial charge in [-0.3, -0.25) is 0 Å². The molecule has 22 heavy (non-hydrogen) atoms. The number of amides is 2. The van der Waals surface area contributed by atoms with Crippen LogP contribution in [-0.2, 0) is 6.18 Å². The Morgan fingerprint density at radius 1 is 1.23 bits per heavy atom. The Labute approximate surface area is 128 Å². The van der Waals surface area contributed by atoms with E-state index in [1.807, 2.05) is 0 Å². The monoisotopic (exact) mass is 330 g/mol. The summed E-state index contributed by atoms with van der Waals surface area (Å²) in [5.74, 6) is 0. The number of rotatable bonds is 4. The molecule has 1 aromatic carbocycles. The van der Waals surface area contributed by atoms with Crippen molar-refractivity contribution in [2.45, 2.75) is 12.3 Å². The molecular formula is C14H13F3N2O2S. The van der Waals surface area contributed by atoms with Gasteiger partial charge in [0.25, 0.3) is 0 Å². The molecule has 3 N–H and O–H groups in total.